The summed E-state index contributed by atoms with van der Waals surface area (Å²) < 4.78 is 4.76. The maximum Gasteiger partial charge on any atom is 0.311 e. The number of anilines is 1. The first-order valence-corrected chi connectivity index (χ1v) is 4.47. The molecule has 0 aliphatic rings. The lowest BCUT2D eigenvalue weighted by Gasteiger charge is -2.04. The minimum absolute atomic E-state index is 0.0331. The first-order chi connectivity index (χ1) is 7.17. The van der Waals surface area contributed by atoms with Gasteiger partial charge in [0.15, 0.2) is 0 Å². The Labute approximate surface area is 87.5 Å². The van der Waals surface area contributed by atoms with Crippen LogP contribution in [0.1, 0.15) is 18.2 Å². The Hall–Kier alpha value is -2.09. The van der Waals surface area contributed by atoms with Gasteiger partial charge >= 0.3 is 5.97 Å². The van der Waals surface area contributed by atoms with Gasteiger partial charge in [-0.05, 0) is 13.0 Å². The van der Waals surface area contributed by atoms with Crippen molar-refractivity contribution in [1.29, 1.82) is 5.26 Å². The van der Waals surface area contributed by atoms with Crippen molar-refractivity contribution in [2.75, 3.05) is 12.3 Å². The standard InChI is InChI=1S/C10H11N3O2/c1-2-15-10(14)4-9-8(12)3-7(5-11)6-13-9/h3,6H,2,4,12H2,1H3. The molecule has 78 valence electrons. The molecule has 0 spiro atoms. The van der Waals surface area contributed by atoms with E-state index in [-0.39, 0.29) is 12.4 Å². The number of pyridine rings is 1. The lowest BCUT2D eigenvalue weighted by Crippen LogP contribution is -2.10. The van der Waals surface area contributed by atoms with Crippen LogP contribution in [0.25, 0.3) is 0 Å². The van der Waals surface area contributed by atoms with Crippen LogP contribution in [-0.2, 0) is 16.0 Å². The number of rotatable bonds is 3. The molecule has 1 aromatic heterocycles. The molecule has 2 N–H and O–H groups in total. The van der Waals surface area contributed by atoms with E-state index in [1.807, 2.05) is 6.07 Å². The molecule has 0 radical (unpaired) electrons. The van der Waals surface area contributed by atoms with E-state index in [2.05, 4.69) is 4.98 Å². The zero-order chi connectivity index (χ0) is 11.3. The Bertz CT molecular complexity index is 410. The van der Waals surface area contributed by atoms with Crippen LogP contribution in [0.4, 0.5) is 5.69 Å². The molecule has 0 aromatic carbocycles. The number of hydrogen-bond donors (Lipinski definition) is 1. The van der Waals surface area contributed by atoms with Crippen LogP contribution in [0, 0.1) is 11.3 Å². The maximum absolute atomic E-state index is 11.1. The lowest BCUT2D eigenvalue weighted by atomic mass is 10.2. The zero-order valence-corrected chi connectivity index (χ0v) is 8.36. The fraction of sp³-hybridized carbons (Fsp3) is 0.300. The minimum atomic E-state index is -0.374. The summed E-state index contributed by atoms with van der Waals surface area (Å²) in [4.78, 5) is 15.1. The van der Waals surface area contributed by atoms with Crippen molar-refractivity contribution >= 4 is 11.7 Å². The molecule has 0 unspecified atom stereocenters. The number of hydrogen-bond acceptors (Lipinski definition) is 5. The summed E-state index contributed by atoms with van der Waals surface area (Å²) in [5.41, 5.74) is 6.77. The smallest absolute Gasteiger partial charge is 0.311 e. The average Bonchev–Trinajstić information content (AvgIpc) is 2.21. The molecule has 15 heavy (non-hydrogen) atoms. The van der Waals surface area contributed by atoms with Gasteiger partial charge in [-0.1, -0.05) is 0 Å². The highest BCUT2D eigenvalue weighted by Gasteiger charge is 2.09. The first-order valence-electron chi connectivity index (χ1n) is 4.47. The second-order valence-electron chi connectivity index (χ2n) is 2.85. The molecule has 5 nitrogen and oxygen atoms in total. The number of aromatic nitrogens is 1. The van der Waals surface area contributed by atoms with Crippen molar-refractivity contribution in [3.63, 3.8) is 0 Å². The van der Waals surface area contributed by atoms with Gasteiger partial charge < -0.3 is 10.5 Å². The molecule has 0 saturated heterocycles. The van der Waals surface area contributed by atoms with Crippen molar-refractivity contribution in [3.8, 4) is 6.07 Å². The van der Waals surface area contributed by atoms with Gasteiger partial charge in [0.25, 0.3) is 0 Å². The Morgan fingerprint density at radius 3 is 3.00 bits per heavy atom. The van der Waals surface area contributed by atoms with Crippen LogP contribution in [-0.4, -0.2) is 17.6 Å². The molecule has 0 aliphatic heterocycles. The van der Waals surface area contributed by atoms with Gasteiger partial charge in [0, 0.05) is 6.20 Å². The third-order valence-corrected chi connectivity index (χ3v) is 1.75. The van der Waals surface area contributed by atoms with E-state index >= 15 is 0 Å². The molecule has 5 heteroatoms. The van der Waals surface area contributed by atoms with Crippen LogP contribution in [0.3, 0.4) is 0 Å². The fourth-order valence-corrected chi connectivity index (χ4v) is 1.07. The summed E-state index contributed by atoms with van der Waals surface area (Å²) in [5.74, 6) is -0.374. The predicted octanol–water partition coefficient (Wildman–Crippen LogP) is 0.641. The average molecular weight is 205 g/mol. The van der Waals surface area contributed by atoms with E-state index in [9.17, 15) is 4.79 Å². The molecule has 0 fully saturated rings. The Morgan fingerprint density at radius 2 is 2.47 bits per heavy atom. The number of nitrogens with zero attached hydrogens (tertiary/aromatic N) is 2. The van der Waals surface area contributed by atoms with Crippen LogP contribution >= 0.6 is 0 Å². The normalized spacial score (nSPS) is 9.33. The quantitative estimate of drug-likeness (QED) is 0.731. The minimum Gasteiger partial charge on any atom is -0.466 e. The molecule has 1 aromatic rings. The van der Waals surface area contributed by atoms with Crippen LogP contribution in [0.2, 0.25) is 0 Å². The van der Waals surface area contributed by atoms with Gasteiger partial charge in [-0.2, -0.15) is 5.26 Å². The zero-order valence-electron chi connectivity index (χ0n) is 8.36. The van der Waals surface area contributed by atoms with Crippen molar-refractivity contribution in [3.05, 3.63) is 23.5 Å². The van der Waals surface area contributed by atoms with Crippen molar-refractivity contribution in [2.24, 2.45) is 0 Å². The van der Waals surface area contributed by atoms with Crippen molar-refractivity contribution in [2.45, 2.75) is 13.3 Å². The fourth-order valence-electron chi connectivity index (χ4n) is 1.07. The molecule has 0 aliphatic carbocycles. The van der Waals surface area contributed by atoms with E-state index in [4.69, 9.17) is 15.7 Å². The van der Waals surface area contributed by atoms with E-state index in [1.54, 1.807) is 6.92 Å². The number of nitrogens with two attached hydrogens (primary N) is 1. The number of nitrogen functional groups attached to an aromatic ring is 1. The van der Waals surface area contributed by atoms with Gasteiger partial charge in [0.1, 0.15) is 6.07 Å². The number of nitriles is 1. The van der Waals surface area contributed by atoms with Gasteiger partial charge in [-0.3, -0.25) is 9.78 Å². The molecule has 0 saturated carbocycles. The third-order valence-electron chi connectivity index (χ3n) is 1.75. The van der Waals surface area contributed by atoms with Gasteiger partial charge in [-0.15, -0.1) is 0 Å². The first kappa shape index (κ1) is 11.0. The summed E-state index contributed by atoms with van der Waals surface area (Å²) >= 11 is 0. The molecular formula is C10H11N3O2. The summed E-state index contributed by atoms with van der Waals surface area (Å²) in [5, 5.41) is 8.58. The third kappa shape index (κ3) is 2.95. The van der Waals surface area contributed by atoms with E-state index in [0.717, 1.165) is 0 Å². The highest BCUT2D eigenvalue weighted by Crippen LogP contribution is 2.11. The predicted molar refractivity (Wildman–Crippen MR) is 53.7 cm³/mol. The Morgan fingerprint density at radius 1 is 1.73 bits per heavy atom. The molecular weight excluding hydrogens is 194 g/mol. The number of carbonyl (C=O) groups is 1. The highest BCUT2D eigenvalue weighted by atomic mass is 16.5. The van der Waals surface area contributed by atoms with Crippen LogP contribution < -0.4 is 5.73 Å². The second-order valence-corrected chi connectivity index (χ2v) is 2.85. The SMILES string of the molecule is CCOC(=O)Cc1ncc(C#N)cc1N. The summed E-state index contributed by atoms with van der Waals surface area (Å²) in [6.07, 6.45) is 1.41. The Balaban J connectivity index is 2.79. The number of ether oxygens (including phenoxy) is 1. The molecule has 0 atom stereocenters. The van der Waals surface area contributed by atoms with Crippen molar-refractivity contribution < 1.29 is 9.53 Å². The van der Waals surface area contributed by atoms with E-state index in [0.29, 0.717) is 23.6 Å². The summed E-state index contributed by atoms with van der Waals surface area (Å²) in [7, 11) is 0. The van der Waals surface area contributed by atoms with Gasteiger partial charge in [0.05, 0.1) is 30.0 Å². The van der Waals surface area contributed by atoms with E-state index < -0.39 is 0 Å². The largest absolute Gasteiger partial charge is 0.466 e. The monoisotopic (exact) mass is 205 g/mol. The number of esters is 1. The van der Waals surface area contributed by atoms with Crippen LogP contribution in [0.5, 0.6) is 0 Å². The molecule has 1 rings (SSSR count). The van der Waals surface area contributed by atoms with Crippen molar-refractivity contribution in [1.82, 2.24) is 4.98 Å². The van der Waals surface area contributed by atoms with Crippen LogP contribution in [0.15, 0.2) is 12.3 Å². The molecule has 0 amide bonds. The Kier molecular flexibility index (Phi) is 3.63. The molecule has 0 bridgehead atoms. The lowest BCUT2D eigenvalue weighted by molar-refractivity contribution is -0.142. The summed E-state index contributed by atoms with van der Waals surface area (Å²) in [6, 6.07) is 3.40. The van der Waals surface area contributed by atoms with E-state index in [1.165, 1.54) is 12.3 Å². The summed E-state index contributed by atoms with van der Waals surface area (Å²) in [6.45, 7) is 2.06. The number of carbonyl (C=O) groups excluding carboxylic acids is 1. The highest BCUT2D eigenvalue weighted by molar-refractivity contribution is 5.74. The van der Waals surface area contributed by atoms with Gasteiger partial charge in [0.2, 0.25) is 0 Å². The molecule has 1 heterocycles. The second kappa shape index (κ2) is 4.96. The topological polar surface area (TPSA) is 89.0 Å². The maximum atomic E-state index is 11.1. The van der Waals surface area contributed by atoms with Gasteiger partial charge in [-0.25, -0.2) is 0 Å².